The molecule has 0 unspecified atom stereocenters. The molecule has 28 heavy (non-hydrogen) atoms. The van der Waals surface area contributed by atoms with E-state index in [0.717, 1.165) is 0 Å². The van der Waals surface area contributed by atoms with Crippen molar-refractivity contribution in [1.82, 2.24) is 15.1 Å². The lowest BCUT2D eigenvalue weighted by molar-refractivity contribution is 0.249. The van der Waals surface area contributed by atoms with Crippen molar-refractivity contribution in [3.05, 3.63) is 36.5 Å². The number of nitrogens with one attached hydrogen (secondary N) is 1. The van der Waals surface area contributed by atoms with Crippen molar-refractivity contribution in [3.8, 4) is 34.3 Å². The van der Waals surface area contributed by atoms with Crippen molar-refractivity contribution < 1.29 is 19.1 Å². The number of pyridine rings is 1. The van der Waals surface area contributed by atoms with Crippen LogP contribution in [0, 0.1) is 5.92 Å². The van der Waals surface area contributed by atoms with Crippen LogP contribution >= 0.6 is 0 Å². The Morgan fingerprint density at radius 3 is 2.57 bits per heavy atom. The summed E-state index contributed by atoms with van der Waals surface area (Å²) in [5.74, 6) is 2.83. The lowest BCUT2D eigenvalue weighted by Crippen LogP contribution is -2.29. The molecule has 8 nitrogen and oxygen atoms in total. The zero-order chi connectivity index (χ0) is 20.1. The van der Waals surface area contributed by atoms with Crippen LogP contribution in [0.1, 0.15) is 13.8 Å². The van der Waals surface area contributed by atoms with Crippen LogP contribution in [0.25, 0.3) is 22.8 Å². The summed E-state index contributed by atoms with van der Waals surface area (Å²) in [4.78, 5) is 8.83. The molecule has 0 saturated heterocycles. The van der Waals surface area contributed by atoms with Crippen LogP contribution in [0.4, 0.5) is 5.82 Å². The van der Waals surface area contributed by atoms with Crippen molar-refractivity contribution in [2.45, 2.75) is 19.9 Å². The summed E-state index contributed by atoms with van der Waals surface area (Å²) in [7, 11) is 3.14. The van der Waals surface area contributed by atoms with E-state index in [9.17, 15) is 5.11 Å². The van der Waals surface area contributed by atoms with Crippen LogP contribution < -0.4 is 14.8 Å². The van der Waals surface area contributed by atoms with Gasteiger partial charge in [0.15, 0.2) is 11.5 Å². The monoisotopic (exact) mass is 384 g/mol. The molecule has 0 radical (unpaired) electrons. The summed E-state index contributed by atoms with van der Waals surface area (Å²) in [5.41, 5.74) is 1.36. The Kier molecular flexibility index (Phi) is 6.10. The largest absolute Gasteiger partial charge is 0.493 e. The first-order valence-electron chi connectivity index (χ1n) is 8.96. The molecule has 1 atom stereocenters. The maximum absolute atomic E-state index is 9.44. The van der Waals surface area contributed by atoms with E-state index in [1.807, 2.05) is 38.1 Å². The minimum atomic E-state index is -0.0612. The molecule has 0 aliphatic heterocycles. The third-order valence-corrected chi connectivity index (χ3v) is 4.42. The fourth-order valence-corrected chi connectivity index (χ4v) is 2.73. The number of hydrogen-bond donors (Lipinski definition) is 2. The topological polar surface area (TPSA) is 103 Å². The van der Waals surface area contributed by atoms with Crippen LogP contribution in [0.3, 0.4) is 0 Å². The van der Waals surface area contributed by atoms with E-state index in [2.05, 4.69) is 20.4 Å². The Labute approximate surface area is 163 Å². The summed E-state index contributed by atoms with van der Waals surface area (Å²) in [5, 5.41) is 16.7. The highest BCUT2D eigenvalue weighted by Gasteiger charge is 2.18. The molecule has 2 aromatic heterocycles. The molecule has 0 amide bonds. The maximum Gasteiger partial charge on any atom is 0.259 e. The van der Waals surface area contributed by atoms with Crippen LogP contribution in [0.2, 0.25) is 0 Å². The van der Waals surface area contributed by atoms with Crippen molar-refractivity contribution >= 4 is 5.82 Å². The number of para-hydroxylation sites is 1. The third-order valence-electron chi connectivity index (χ3n) is 4.42. The molecule has 3 rings (SSSR count). The van der Waals surface area contributed by atoms with Crippen molar-refractivity contribution in [2.24, 2.45) is 5.92 Å². The average Bonchev–Trinajstić information content (AvgIpc) is 3.21. The number of aromatic nitrogens is 3. The maximum atomic E-state index is 9.44. The van der Waals surface area contributed by atoms with Gasteiger partial charge in [-0.05, 0) is 30.2 Å². The number of rotatable bonds is 8. The Morgan fingerprint density at radius 2 is 1.96 bits per heavy atom. The van der Waals surface area contributed by atoms with Gasteiger partial charge in [0.25, 0.3) is 5.89 Å². The van der Waals surface area contributed by atoms with Gasteiger partial charge in [-0.2, -0.15) is 4.98 Å². The SMILES string of the molecule is COc1cccc(-c2noc(-c3ccc(N[C@H](CO)C(C)C)nc3)n2)c1OC. The van der Waals surface area contributed by atoms with Crippen LogP contribution in [-0.4, -0.2) is 47.1 Å². The summed E-state index contributed by atoms with van der Waals surface area (Å²) < 4.78 is 16.1. The van der Waals surface area contributed by atoms with Crippen LogP contribution in [0.5, 0.6) is 11.5 Å². The smallest absolute Gasteiger partial charge is 0.259 e. The number of methoxy groups -OCH3 is 2. The Hall–Kier alpha value is -3.13. The predicted molar refractivity (Wildman–Crippen MR) is 105 cm³/mol. The zero-order valence-corrected chi connectivity index (χ0v) is 16.3. The highest BCUT2D eigenvalue weighted by molar-refractivity contribution is 5.69. The van der Waals surface area contributed by atoms with Gasteiger partial charge >= 0.3 is 0 Å². The second kappa shape index (κ2) is 8.71. The van der Waals surface area contributed by atoms with Gasteiger partial charge in [0.05, 0.1) is 38.0 Å². The molecule has 3 aromatic rings. The molecule has 2 heterocycles. The van der Waals surface area contributed by atoms with Crippen molar-refractivity contribution in [1.29, 1.82) is 0 Å². The number of anilines is 1. The second-order valence-corrected chi connectivity index (χ2v) is 6.57. The molecule has 0 bridgehead atoms. The standard InChI is InChI=1S/C20H24N4O4/c1-12(2)15(11-25)22-17-9-8-13(10-21-17)20-23-19(24-28-20)14-6-5-7-16(26-3)18(14)27-4/h5-10,12,15,25H,11H2,1-4H3,(H,21,22)/t15-/m1/s1. The van der Waals surface area contributed by atoms with Gasteiger partial charge in [-0.15, -0.1) is 0 Å². The molecule has 0 aliphatic rings. The van der Waals surface area contributed by atoms with E-state index >= 15 is 0 Å². The lowest BCUT2D eigenvalue weighted by atomic mass is 10.1. The van der Waals surface area contributed by atoms with Crippen molar-refractivity contribution in [3.63, 3.8) is 0 Å². The van der Waals surface area contributed by atoms with E-state index in [1.54, 1.807) is 26.5 Å². The van der Waals surface area contributed by atoms with E-state index in [0.29, 0.717) is 40.2 Å². The fraction of sp³-hybridized carbons (Fsp3) is 0.350. The van der Waals surface area contributed by atoms with E-state index in [1.165, 1.54) is 0 Å². The number of ether oxygens (including phenoxy) is 2. The minimum absolute atomic E-state index is 0.0382. The van der Waals surface area contributed by atoms with E-state index < -0.39 is 0 Å². The fourth-order valence-electron chi connectivity index (χ4n) is 2.73. The summed E-state index contributed by atoms with van der Waals surface area (Å²) in [6.07, 6.45) is 1.65. The van der Waals surface area contributed by atoms with Gasteiger partial charge in [-0.3, -0.25) is 0 Å². The molecule has 8 heteroatoms. The van der Waals surface area contributed by atoms with Gasteiger partial charge in [-0.1, -0.05) is 25.1 Å². The van der Waals surface area contributed by atoms with Gasteiger partial charge < -0.3 is 24.4 Å². The van der Waals surface area contributed by atoms with Crippen molar-refractivity contribution in [2.75, 3.05) is 26.1 Å². The molecule has 2 N–H and O–H groups in total. The number of aliphatic hydroxyl groups excluding tert-OH is 1. The quantitative estimate of drug-likeness (QED) is 0.610. The molecule has 0 fully saturated rings. The third kappa shape index (κ3) is 4.07. The van der Waals surface area contributed by atoms with E-state index in [4.69, 9.17) is 14.0 Å². The number of nitrogens with zero attached hydrogens (tertiary/aromatic N) is 3. The second-order valence-electron chi connectivity index (χ2n) is 6.57. The molecule has 0 saturated carbocycles. The summed E-state index contributed by atoms with van der Waals surface area (Å²) >= 11 is 0. The first-order chi connectivity index (χ1) is 13.6. The first-order valence-corrected chi connectivity index (χ1v) is 8.96. The molecule has 0 aliphatic carbocycles. The number of benzene rings is 1. The van der Waals surface area contributed by atoms with Gasteiger partial charge in [0.1, 0.15) is 5.82 Å². The van der Waals surface area contributed by atoms with E-state index in [-0.39, 0.29) is 18.6 Å². The molecule has 0 spiro atoms. The lowest BCUT2D eigenvalue weighted by Gasteiger charge is -2.20. The number of aliphatic hydroxyl groups is 1. The van der Waals surface area contributed by atoms with Crippen LogP contribution in [-0.2, 0) is 0 Å². The zero-order valence-electron chi connectivity index (χ0n) is 16.3. The van der Waals surface area contributed by atoms with Gasteiger partial charge in [0.2, 0.25) is 5.82 Å². The first kappa shape index (κ1) is 19.6. The molecule has 148 valence electrons. The Balaban J connectivity index is 1.83. The molecular formula is C20H24N4O4. The Morgan fingerprint density at radius 1 is 1.14 bits per heavy atom. The minimum Gasteiger partial charge on any atom is -0.493 e. The van der Waals surface area contributed by atoms with Crippen LogP contribution in [0.15, 0.2) is 41.1 Å². The average molecular weight is 384 g/mol. The van der Waals surface area contributed by atoms with Gasteiger partial charge in [0, 0.05) is 6.20 Å². The molecule has 1 aromatic carbocycles. The molecular weight excluding hydrogens is 360 g/mol. The van der Waals surface area contributed by atoms with Gasteiger partial charge in [-0.25, -0.2) is 4.98 Å². The summed E-state index contributed by atoms with van der Waals surface area (Å²) in [6, 6.07) is 9.06. The Bertz CT molecular complexity index is 909. The summed E-state index contributed by atoms with van der Waals surface area (Å²) in [6.45, 7) is 4.11. The number of hydrogen-bond acceptors (Lipinski definition) is 8. The predicted octanol–water partition coefficient (Wildman–Crippen LogP) is 3.24. The normalized spacial score (nSPS) is 12.1. The highest BCUT2D eigenvalue weighted by Crippen LogP contribution is 2.37. The highest BCUT2D eigenvalue weighted by atomic mass is 16.5.